The van der Waals surface area contributed by atoms with Crippen molar-refractivity contribution in [3.63, 3.8) is 0 Å². The molecule has 0 spiro atoms. The summed E-state index contributed by atoms with van der Waals surface area (Å²) < 4.78 is 5.67. The third-order valence-electron chi connectivity index (χ3n) is 2.17. The van der Waals surface area contributed by atoms with Crippen LogP contribution in [0.4, 0.5) is 11.4 Å². The van der Waals surface area contributed by atoms with E-state index in [4.69, 9.17) is 16.2 Å². The van der Waals surface area contributed by atoms with E-state index in [0.29, 0.717) is 23.0 Å². The predicted molar refractivity (Wildman–Crippen MR) is 72.7 cm³/mol. The van der Waals surface area contributed by atoms with E-state index >= 15 is 0 Å². The second kappa shape index (κ2) is 4.88. The number of aliphatic imine (C=N–C) groups is 1. The number of benzene rings is 1. The Morgan fingerprint density at radius 1 is 1.29 bits per heavy atom. The molecule has 0 aliphatic rings. The van der Waals surface area contributed by atoms with Gasteiger partial charge in [0.25, 0.3) is 0 Å². The van der Waals surface area contributed by atoms with Gasteiger partial charge in [0.2, 0.25) is 5.90 Å². The normalized spacial score (nSPS) is 11.5. The second-order valence-electron chi connectivity index (χ2n) is 3.41. The van der Waals surface area contributed by atoms with E-state index in [9.17, 15) is 0 Å². The maximum absolute atomic E-state index is 5.83. The Labute approximate surface area is 104 Å². The van der Waals surface area contributed by atoms with Crippen molar-refractivity contribution in [2.75, 3.05) is 18.5 Å². The molecule has 88 valence electrons. The van der Waals surface area contributed by atoms with Crippen molar-refractivity contribution in [1.29, 1.82) is 0 Å². The fraction of sp³-hybridized carbons (Fsp3) is 0.0833. The van der Waals surface area contributed by atoms with Crippen LogP contribution in [0.25, 0.3) is 0 Å². The lowest BCUT2D eigenvalue weighted by Gasteiger charge is -2.08. The molecule has 4 N–H and O–H groups in total. The van der Waals surface area contributed by atoms with Crippen molar-refractivity contribution >= 4 is 28.6 Å². The average Bonchev–Trinajstić information content (AvgIpc) is 2.72. The first kappa shape index (κ1) is 11.5. The number of anilines is 2. The van der Waals surface area contributed by atoms with Gasteiger partial charge >= 0.3 is 0 Å². The number of ether oxygens (including phenoxy) is 1. The lowest BCUT2D eigenvalue weighted by atomic mass is 10.3. The van der Waals surface area contributed by atoms with Crippen molar-refractivity contribution < 1.29 is 4.74 Å². The van der Waals surface area contributed by atoms with Crippen LogP contribution in [0.5, 0.6) is 5.75 Å². The van der Waals surface area contributed by atoms with Gasteiger partial charge in [0.05, 0.1) is 5.69 Å². The zero-order chi connectivity index (χ0) is 12.3. The summed E-state index contributed by atoms with van der Waals surface area (Å²) in [5.41, 5.74) is 12.8. The van der Waals surface area contributed by atoms with Gasteiger partial charge in [-0.1, -0.05) is 6.07 Å². The van der Waals surface area contributed by atoms with Gasteiger partial charge in [-0.2, -0.15) is 0 Å². The molecule has 0 atom stereocenters. The van der Waals surface area contributed by atoms with Crippen LogP contribution in [0.15, 0.2) is 40.7 Å². The molecule has 0 fully saturated rings. The molecule has 1 heterocycles. The summed E-state index contributed by atoms with van der Waals surface area (Å²) in [5, 5.41) is 1.90. The van der Waals surface area contributed by atoms with Gasteiger partial charge in [0, 0.05) is 18.8 Å². The van der Waals surface area contributed by atoms with Crippen molar-refractivity contribution in [1.82, 2.24) is 0 Å². The van der Waals surface area contributed by atoms with E-state index in [0.717, 1.165) is 4.88 Å². The number of hydrogen-bond donors (Lipinski definition) is 2. The zero-order valence-corrected chi connectivity index (χ0v) is 10.2. The monoisotopic (exact) mass is 247 g/mol. The standard InChI is InChI=1S/C12H13N3OS/c1-15-12(11-10(14)5-6-17-11)16-9-4-2-3-8(13)7-9/h2-7H,13-14H2,1H3/b15-12+. The van der Waals surface area contributed by atoms with Gasteiger partial charge in [-0.15, -0.1) is 11.3 Å². The largest absolute Gasteiger partial charge is 0.438 e. The number of thiophene rings is 1. The molecule has 0 radical (unpaired) electrons. The molecule has 0 aliphatic carbocycles. The number of rotatable bonds is 2. The van der Waals surface area contributed by atoms with Crippen LogP contribution in [-0.2, 0) is 0 Å². The Morgan fingerprint density at radius 2 is 2.12 bits per heavy atom. The Bertz CT molecular complexity index is 548. The van der Waals surface area contributed by atoms with E-state index < -0.39 is 0 Å². The van der Waals surface area contributed by atoms with E-state index in [-0.39, 0.29) is 0 Å². The summed E-state index contributed by atoms with van der Waals surface area (Å²) in [7, 11) is 1.67. The summed E-state index contributed by atoms with van der Waals surface area (Å²) in [5.74, 6) is 1.15. The highest BCUT2D eigenvalue weighted by molar-refractivity contribution is 7.12. The highest BCUT2D eigenvalue weighted by atomic mass is 32.1. The lowest BCUT2D eigenvalue weighted by Crippen LogP contribution is -2.10. The maximum atomic E-state index is 5.83. The van der Waals surface area contributed by atoms with Crippen LogP contribution in [0.2, 0.25) is 0 Å². The third kappa shape index (κ3) is 2.57. The highest BCUT2D eigenvalue weighted by Crippen LogP contribution is 2.23. The zero-order valence-electron chi connectivity index (χ0n) is 9.38. The third-order valence-corrected chi connectivity index (χ3v) is 3.08. The van der Waals surface area contributed by atoms with Crippen LogP contribution in [-0.4, -0.2) is 12.9 Å². The highest BCUT2D eigenvalue weighted by Gasteiger charge is 2.11. The van der Waals surface area contributed by atoms with Crippen molar-refractivity contribution in [2.45, 2.75) is 0 Å². The summed E-state index contributed by atoms with van der Waals surface area (Å²) in [4.78, 5) is 4.93. The summed E-state index contributed by atoms with van der Waals surface area (Å²) in [6.45, 7) is 0. The predicted octanol–water partition coefficient (Wildman–Crippen LogP) is 2.37. The molecular formula is C12H13N3OS. The molecule has 1 aromatic carbocycles. The Kier molecular flexibility index (Phi) is 3.30. The van der Waals surface area contributed by atoms with Crippen LogP contribution in [0, 0.1) is 0 Å². The molecule has 17 heavy (non-hydrogen) atoms. The first-order valence-corrected chi connectivity index (χ1v) is 5.92. The fourth-order valence-corrected chi connectivity index (χ4v) is 2.16. The van der Waals surface area contributed by atoms with E-state index in [1.54, 1.807) is 19.2 Å². The minimum atomic E-state index is 0.503. The first-order chi connectivity index (χ1) is 8.20. The Balaban J connectivity index is 2.26. The number of nitrogens with two attached hydrogens (primary N) is 2. The molecule has 2 aromatic rings. The number of nitrogen functional groups attached to an aromatic ring is 2. The molecule has 4 nitrogen and oxygen atoms in total. The lowest BCUT2D eigenvalue weighted by molar-refractivity contribution is 0.553. The topological polar surface area (TPSA) is 73.6 Å². The molecule has 0 saturated carbocycles. The fourth-order valence-electron chi connectivity index (χ4n) is 1.38. The molecule has 0 unspecified atom stereocenters. The van der Waals surface area contributed by atoms with Crippen molar-refractivity contribution in [3.05, 3.63) is 40.6 Å². The SMILES string of the molecule is C/N=C(/Oc1cccc(N)c1)c1sccc1N. The van der Waals surface area contributed by atoms with Crippen LogP contribution in [0.3, 0.4) is 0 Å². The summed E-state index contributed by atoms with van der Waals surface area (Å²) in [6.07, 6.45) is 0. The molecule has 0 saturated heterocycles. The number of nitrogens with zero attached hydrogens (tertiary/aromatic N) is 1. The smallest absolute Gasteiger partial charge is 0.233 e. The summed E-state index contributed by atoms with van der Waals surface area (Å²) in [6, 6.07) is 9.03. The van der Waals surface area contributed by atoms with Crippen molar-refractivity contribution in [3.8, 4) is 5.75 Å². The molecule has 0 bridgehead atoms. The Morgan fingerprint density at radius 3 is 2.71 bits per heavy atom. The van der Waals surface area contributed by atoms with Gasteiger partial charge in [-0.05, 0) is 23.6 Å². The Hall–Kier alpha value is -2.01. The molecule has 0 aliphatic heterocycles. The second-order valence-corrected chi connectivity index (χ2v) is 4.32. The minimum absolute atomic E-state index is 0.503. The molecule has 0 amide bonds. The van der Waals surface area contributed by atoms with Crippen LogP contribution in [0.1, 0.15) is 4.88 Å². The molecule has 1 aromatic heterocycles. The van der Waals surface area contributed by atoms with E-state index in [1.807, 2.05) is 23.6 Å². The van der Waals surface area contributed by atoms with Gasteiger partial charge in [0.1, 0.15) is 10.6 Å². The molecule has 2 rings (SSSR count). The maximum Gasteiger partial charge on any atom is 0.233 e. The van der Waals surface area contributed by atoms with Crippen molar-refractivity contribution in [2.24, 2.45) is 4.99 Å². The van der Waals surface area contributed by atoms with Gasteiger partial charge in [-0.25, -0.2) is 0 Å². The summed E-state index contributed by atoms with van der Waals surface area (Å²) >= 11 is 1.49. The first-order valence-electron chi connectivity index (χ1n) is 5.04. The molecule has 5 heteroatoms. The molecular weight excluding hydrogens is 234 g/mol. The van der Waals surface area contributed by atoms with Gasteiger partial charge in [0.15, 0.2) is 0 Å². The number of hydrogen-bond acceptors (Lipinski definition) is 5. The van der Waals surface area contributed by atoms with Crippen LogP contribution >= 0.6 is 11.3 Å². The van der Waals surface area contributed by atoms with E-state index in [1.165, 1.54) is 11.3 Å². The minimum Gasteiger partial charge on any atom is -0.438 e. The average molecular weight is 247 g/mol. The van der Waals surface area contributed by atoms with Crippen LogP contribution < -0.4 is 16.2 Å². The van der Waals surface area contributed by atoms with E-state index in [2.05, 4.69) is 4.99 Å². The van der Waals surface area contributed by atoms with Gasteiger partial charge in [-0.3, -0.25) is 4.99 Å². The van der Waals surface area contributed by atoms with Gasteiger partial charge < -0.3 is 16.2 Å². The quantitative estimate of drug-likeness (QED) is 0.486.